The number of rotatable bonds is 0. The molecule has 1 saturated heterocycles. The first-order chi connectivity index (χ1) is 7.29. The second-order valence-corrected chi connectivity index (χ2v) is 3.51. The molecule has 0 bridgehead atoms. The molecule has 0 N–H and O–H groups in total. The highest BCUT2D eigenvalue weighted by atomic mass is 16.2. The maximum atomic E-state index is 11.7. The molecule has 6 nitrogen and oxygen atoms in total. The molecule has 1 aliphatic rings. The fourth-order valence-corrected chi connectivity index (χ4v) is 1.60. The number of nitrogens with zero attached hydrogens (tertiary/aromatic N) is 2. The van der Waals surface area contributed by atoms with Crippen molar-refractivity contribution < 1.29 is 19.2 Å². The van der Waals surface area contributed by atoms with E-state index in [0.717, 1.165) is 11.8 Å². The summed E-state index contributed by atoms with van der Waals surface area (Å²) in [5.74, 6) is -2.46. The first-order valence-corrected chi connectivity index (χ1v) is 4.66. The van der Waals surface area contributed by atoms with Crippen LogP contribution in [0.5, 0.6) is 0 Å². The highest BCUT2D eigenvalue weighted by molar-refractivity contribution is 6.16. The van der Waals surface area contributed by atoms with E-state index in [1.54, 1.807) is 0 Å². The van der Waals surface area contributed by atoms with Gasteiger partial charge in [0.05, 0.1) is 0 Å². The van der Waals surface area contributed by atoms with E-state index in [4.69, 9.17) is 0 Å². The number of amides is 4. The largest absolute Gasteiger partial charge is 0.277 e. The minimum Gasteiger partial charge on any atom is -0.275 e. The third kappa shape index (κ3) is 1.62. The summed E-state index contributed by atoms with van der Waals surface area (Å²) in [4.78, 5) is 47.3. The molecular weight excluding hydrogens is 212 g/mol. The van der Waals surface area contributed by atoms with Gasteiger partial charge in [-0.2, -0.15) is 0 Å². The van der Waals surface area contributed by atoms with Crippen molar-refractivity contribution in [3.05, 3.63) is 12.3 Å². The first-order valence-electron chi connectivity index (χ1n) is 4.66. The molecule has 6 heteroatoms. The summed E-state index contributed by atoms with van der Waals surface area (Å²) in [6.45, 7) is 7.09. The molecule has 0 saturated carbocycles. The van der Waals surface area contributed by atoms with Gasteiger partial charge in [0.1, 0.15) is 11.7 Å². The van der Waals surface area contributed by atoms with Gasteiger partial charge in [0, 0.05) is 13.8 Å². The fourth-order valence-electron chi connectivity index (χ4n) is 1.60. The molecule has 16 heavy (non-hydrogen) atoms. The third-order valence-electron chi connectivity index (χ3n) is 2.35. The lowest BCUT2D eigenvalue weighted by Gasteiger charge is -2.36. The van der Waals surface area contributed by atoms with Crippen molar-refractivity contribution in [2.75, 3.05) is 0 Å². The van der Waals surface area contributed by atoms with Crippen LogP contribution in [0.1, 0.15) is 20.8 Å². The number of carbonyl (C=O) groups excluding carboxylic acids is 4. The molecular formula is C10H12N2O4. The Morgan fingerprint density at radius 3 is 2.06 bits per heavy atom. The number of hydrogen-bond acceptors (Lipinski definition) is 4. The zero-order valence-corrected chi connectivity index (χ0v) is 9.31. The summed E-state index contributed by atoms with van der Waals surface area (Å²) < 4.78 is 0. The molecule has 1 rings (SSSR count). The summed E-state index contributed by atoms with van der Waals surface area (Å²) in [5.41, 5.74) is -0.286. The van der Waals surface area contributed by atoms with Crippen molar-refractivity contribution in [2.45, 2.75) is 26.8 Å². The van der Waals surface area contributed by atoms with Crippen LogP contribution >= 0.6 is 0 Å². The summed E-state index contributed by atoms with van der Waals surface area (Å²) in [6, 6.07) is -0.973. The van der Waals surface area contributed by atoms with Crippen molar-refractivity contribution in [1.82, 2.24) is 9.80 Å². The summed E-state index contributed by atoms with van der Waals surface area (Å²) in [7, 11) is 0. The van der Waals surface area contributed by atoms with Crippen LogP contribution < -0.4 is 0 Å². The minimum atomic E-state index is -0.973. The van der Waals surface area contributed by atoms with Crippen molar-refractivity contribution in [3.8, 4) is 0 Å². The molecule has 1 heterocycles. The van der Waals surface area contributed by atoms with Crippen LogP contribution in [0.3, 0.4) is 0 Å². The predicted octanol–water partition coefficient (Wildman–Crippen LogP) is -0.348. The zero-order chi connectivity index (χ0) is 12.6. The van der Waals surface area contributed by atoms with E-state index in [9.17, 15) is 19.2 Å². The van der Waals surface area contributed by atoms with Gasteiger partial charge in [-0.25, -0.2) is 4.90 Å². The summed E-state index contributed by atoms with van der Waals surface area (Å²) in [5, 5.41) is 0. The van der Waals surface area contributed by atoms with Crippen LogP contribution in [-0.4, -0.2) is 39.5 Å². The van der Waals surface area contributed by atoms with E-state index >= 15 is 0 Å². The Morgan fingerprint density at radius 1 is 1.19 bits per heavy atom. The maximum absolute atomic E-state index is 11.7. The van der Waals surface area contributed by atoms with Crippen LogP contribution in [0.15, 0.2) is 12.3 Å². The van der Waals surface area contributed by atoms with E-state index in [1.807, 2.05) is 0 Å². The van der Waals surface area contributed by atoms with E-state index < -0.39 is 29.7 Å². The number of imide groups is 2. The molecule has 0 spiro atoms. The molecule has 0 radical (unpaired) electrons. The standard InChI is InChI=1S/C10H12N2O4/c1-5-9(15)12(8(4)14)6(2)10(16)11(5)7(3)13/h6H,1H2,2-4H3/t6-/m0/s1. The molecule has 1 atom stereocenters. The fraction of sp³-hybridized carbons (Fsp3) is 0.400. The quantitative estimate of drug-likeness (QED) is 0.527. The van der Waals surface area contributed by atoms with Gasteiger partial charge in [-0.05, 0) is 6.92 Å². The zero-order valence-electron chi connectivity index (χ0n) is 9.31. The van der Waals surface area contributed by atoms with Crippen molar-refractivity contribution in [2.24, 2.45) is 0 Å². The normalized spacial score (nSPS) is 21.4. The van der Waals surface area contributed by atoms with Gasteiger partial charge in [-0.1, -0.05) is 6.58 Å². The molecule has 1 aliphatic heterocycles. The molecule has 1 fully saturated rings. The van der Waals surface area contributed by atoms with Crippen molar-refractivity contribution >= 4 is 23.6 Å². The molecule has 0 aromatic heterocycles. The van der Waals surface area contributed by atoms with Gasteiger partial charge >= 0.3 is 0 Å². The second kappa shape index (κ2) is 3.88. The highest BCUT2D eigenvalue weighted by Gasteiger charge is 2.43. The Labute approximate surface area is 92.5 Å². The molecule has 0 aromatic carbocycles. The third-order valence-corrected chi connectivity index (χ3v) is 2.35. The van der Waals surface area contributed by atoms with E-state index in [1.165, 1.54) is 13.8 Å². The molecule has 0 unspecified atom stereocenters. The lowest BCUT2D eigenvalue weighted by molar-refractivity contribution is -0.161. The number of carbonyl (C=O) groups is 4. The molecule has 0 aliphatic carbocycles. The average molecular weight is 224 g/mol. The Bertz CT molecular complexity index is 413. The van der Waals surface area contributed by atoms with Crippen LogP contribution in [0.2, 0.25) is 0 Å². The van der Waals surface area contributed by atoms with E-state index in [2.05, 4.69) is 6.58 Å². The molecule has 0 aromatic rings. The van der Waals surface area contributed by atoms with Crippen LogP contribution in [0.25, 0.3) is 0 Å². The SMILES string of the molecule is C=C1C(=O)N(C(C)=O)[C@@H](C)C(=O)N1C(C)=O. The van der Waals surface area contributed by atoms with Crippen molar-refractivity contribution in [1.29, 1.82) is 0 Å². The molecule has 86 valence electrons. The van der Waals surface area contributed by atoms with Crippen LogP contribution in [-0.2, 0) is 19.2 Å². The topological polar surface area (TPSA) is 74.8 Å². The van der Waals surface area contributed by atoms with Gasteiger partial charge in [0.25, 0.3) is 11.8 Å². The maximum Gasteiger partial charge on any atom is 0.277 e. The molecule has 4 amide bonds. The van der Waals surface area contributed by atoms with E-state index in [0.29, 0.717) is 4.90 Å². The van der Waals surface area contributed by atoms with Crippen LogP contribution in [0, 0.1) is 0 Å². The predicted molar refractivity (Wildman–Crippen MR) is 53.7 cm³/mol. The Kier molecular flexibility index (Phi) is 2.93. The highest BCUT2D eigenvalue weighted by Crippen LogP contribution is 2.20. The Hall–Kier alpha value is -1.98. The summed E-state index contributed by atoms with van der Waals surface area (Å²) in [6.07, 6.45) is 0. The van der Waals surface area contributed by atoms with Gasteiger partial charge < -0.3 is 0 Å². The minimum absolute atomic E-state index is 0.286. The first kappa shape index (κ1) is 12.1. The van der Waals surface area contributed by atoms with Gasteiger partial charge in [-0.3, -0.25) is 24.1 Å². The second-order valence-electron chi connectivity index (χ2n) is 3.51. The van der Waals surface area contributed by atoms with Gasteiger partial charge in [-0.15, -0.1) is 0 Å². The van der Waals surface area contributed by atoms with Crippen molar-refractivity contribution in [3.63, 3.8) is 0 Å². The van der Waals surface area contributed by atoms with Gasteiger partial charge in [0.15, 0.2) is 0 Å². The lowest BCUT2D eigenvalue weighted by atomic mass is 10.1. The smallest absolute Gasteiger partial charge is 0.275 e. The number of piperazine rings is 1. The average Bonchev–Trinajstić information content (AvgIpc) is 2.14. The monoisotopic (exact) mass is 224 g/mol. The Morgan fingerprint density at radius 2 is 1.69 bits per heavy atom. The summed E-state index contributed by atoms with van der Waals surface area (Å²) >= 11 is 0. The number of hydrogen-bond donors (Lipinski definition) is 0. The lowest BCUT2D eigenvalue weighted by Crippen LogP contribution is -2.59. The van der Waals surface area contributed by atoms with E-state index in [-0.39, 0.29) is 5.70 Å². The van der Waals surface area contributed by atoms with Crippen LogP contribution in [0.4, 0.5) is 0 Å². The van der Waals surface area contributed by atoms with Gasteiger partial charge in [0.2, 0.25) is 11.8 Å². The Balaban J connectivity index is 3.19.